The lowest BCUT2D eigenvalue weighted by molar-refractivity contribution is 0.585. The van der Waals surface area contributed by atoms with Crippen molar-refractivity contribution in [2.24, 2.45) is 0 Å². The van der Waals surface area contributed by atoms with Gasteiger partial charge in [-0.2, -0.15) is 0 Å². The molecule has 290 valence electrons. The van der Waals surface area contributed by atoms with Crippen LogP contribution in [0.4, 0.5) is 60.5 Å². The highest BCUT2D eigenvalue weighted by Gasteiger charge is 2.26. The van der Waals surface area contributed by atoms with Gasteiger partial charge in [0, 0.05) is 45.4 Å². The Hall–Kier alpha value is -7.58. The molecule has 0 fully saturated rings. The van der Waals surface area contributed by atoms with Gasteiger partial charge in [0.1, 0.15) is 34.9 Å². The van der Waals surface area contributed by atoms with E-state index in [1.54, 1.807) is 9.80 Å². The highest BCUT2D eigenvalue weighted by Crippen LogP contribution is 2.49. The van der Waals surface area contributed by atoms with Crippen molar-refractivity contribution in [3.63, 3.8) is 0 Å². The molecule has 0 radical (unpaired) electrons. The minimum Gasteiger partial charge on any atom is -0.307 e. The summed E-state index contributed by atoms with van der Waals surface area (Å²) in [5, 5.41) is 5.01. The molecule has 10 rings (SSSR count). The monoisotopic (exact) mass is 796 g/mol. The Labute approximate surface area is 340 Å². The van der Waals surface area contributed by atoms with E-state index in [-0.39, 0.29) is 22.5 Å². The van der Waals surface area contributed by atoms with E-state index in [2.05, 4.69) is 0 Å². The largest absolute Gasteiger partial charge is 0.307 e. The lowest BCUT2D eigenvalue weighted by Crippen LogP contribution is -2.13. The molecule has 8 heteroatoms. The van der Waals surface area contributed by atoms with E-state index in [0.717, 1.165) is 44.5 Å². The van der Waals surface area contributed by atoms with E-state index in [9.17, 15) is 8.78 Å². The van der Waals surface area contributed by atoms with Gasteiger partial charge >= 0.3 is 0 Å². The van der Waals surface area contributed by atoms with E-state index < -0.39 is 34.9 Å². The third-order valence-corrected chi connectivity index (χ3v) is 11.0. The van der Waals surface area contributed by atoms with Crippen LogP contribution in [-0.4, -0.2) is 0 Å². The average molecular weight is 797 g/mol. The molecule has 0 saturated carbocycles. The summed E-state index contributed by atoms with van der Waals surface area (Å²) in [6.07, 6.45) is 0. The van der Waals surface area contributed by atoms with Crippen LogP contribution >= 0.6 is 0 Å². The molecule has 0 aromatic heterocycles. The predicted molar refractivity (Wildman–Crippen MR) is 230 cm³/mol. The molecule has 0 N–H and O–H groups in total. The van der Waals surface area contributed by atoms with E-state index in [1.165, 1.54) is 60.7 Å². The van der Waals surface area contributed by atoms with Crippen LogP contribution in [0.25, 0.3) is 54.6 Å². The van der Waals surface area contributed by atoms with Crippen LogP contribution in [0.3, 0.4) is 0 Å². The van der Waals surface area contributed by atoms with Crippen molar-refractivity contribution in [2.75, 3.05) is 9.80 Å². The van der Waals surface area contributed by atoms with Gasteiger partial charge in [-0.3, -0.25) is 0 Å². The van der Waals surface area contributed by atoms with Gasteiger partial charge in [0.25, 0.3) is 0 Å². The first-order valence-corrected chi connectivity index (χ1v) is 19.1. The molecular formula is C52H30F6N2. The topological polar surface area (TPSA) is 6.48 Å². The van der Waals surface area contributed by atoms with Crippen LogP contribution in [0.5, 0.6) is 0 Å². The standard InChI is InChI=1S/C52H30F6N2/c53-35-19-11-31(12-20-35)41-27-49(45(57)29-43(41)55)59(37-7-3-1-4-8-37)47-25-17-33-16-24-40-48(26-18-34-15-23-39(47)51(33)52(34)40)60(38-9-5-2-6-10-38)50-28-42(44(56)30-46(50)58)32-13-21-36(54)22-14-32/h1-30H. The Balaban J connectivity index is 1.21. The smallest absolute Gasteiger partial charge is 0.150 e. The summed E-state index contributed by atoms with van der Waals surface area (Å²) in [5.74, 6) is -4.12. The first kappa shape index (κ1) is 36.7. The maximum absolute atomic E-state index is 16.3. The van der Waals surface area contributed by atoms with Gasteiger partial charge in [0.05, 0.1) is 22.7 Å². The molecule has 0 aliphatic carbocycles. The molecule has 0 aliphatic heterocycles. The Morgan fingerprint density at radius 3 is 1.05 bits per heavy atom. The predicted octanol–water partition coefficient (Wildman–Crippen LogP) is 15.7. The van der Waals surface area contributed by atoms with Crippen LogP contribution in [0, 0.1) is 34.9 Å². The number of para-hydroxylation sites is 2. The van der Waals surface area contributed by atoms with Gasteiger partial charge in [0.2, 0.25) is 0 Å². The van der Waals surface area contributed by atoms with Crippen LogP contribution < -0.4 is 9.80 Å². The summed E-state index contributed by atoms with van der Waals surface area (Å²) in [6.45, 7) is 0. The highest BCUT2D eigenvalue weighted by atomic mass is 19.2. The summed E-state index contributed by atoms with van der Waals surface area (Å²) < 4.78 is 91.4. The number of halogens is 6. The molecule has 10 aromatic carbocycles. The Kier molecular flexibility index (Phi) is 8.98. The zero-order valence-corrected chi connectivity index (χ0v) is 31.5. The maximum atomic E-state index is 16.3. The summed E-state index contributed by atoms with van der Waals surface area (Å²) in [5.41, 5.74) is 3.58. The molecule has 0 spiro atoms. The Bertz CT molecular complexity index is 2990. The fraction of sp³-hybridized carbons (Fsp3) is 0. The number of anilines is 6. The number of nitrogens with zero attached hydrogens (tertiary/aromatic N) is 2. The second kappa shape index (κ2) is 14.7. The van der Waals surface area contributed by atoms with Crippen molar-refractivity contribution in [2.45, 2.75) is 0 Å². The molecular weight excluding hydrogens is 767 g/mol. The van der Waals surface area contributed by atoms with Gasteiger partial charge in [-0.25, -0.2) is 26.3 Å². The molecule has 10 aromatic rings. The molecule has 0 atom stereocenters. The van der Waals surface area contributed by atoms with Crippen molar-refractivity contribution < 1.29 is 26.3 Å². The lowest BCUT2D eigenvalue weighted by Gasteiger charge is -2.30. The Morgan fingerprint density at radius 1 is 0.300 bits per heavy atom. The molecule has 2 nitrogen and oxygen atoms in total. The van der Waals surface area contributed by atoms with E-state index in [1.807, 2.05) is 109 Å². The molecule has 0 unspecified atom stereocenters. The third kappa shape index (κ3) is 6.25. The summed E-state index contributed by atoms with van der Waals surface area (Å²) >= 11 is 0. The molecule has 60 heavy (non-hydrogen) atoms. The van der Waals surface area contributed by atoms with E-state index in [0.29, 0.717) is 33.9 Å². The number of rotatable bonds is 8. The number of hydrogen-bond donors (Lipinski definition) is 0. The van der Waals surface area contributed by atoms with Crippen LogP contribution in [0.15, 0.2) is 182 Å². The zero-order valence-electron chi connectivity index (χ0n) is 31.5. The maximum Gasteiger partial charge on any atom is 0.150 e. The fourth-order valence-electron chi connectivity index (χ4n) is 8.25. The second-order valence-corrected chi connectivity index (χ2v) is 14.5. The lowest BCUT2D eigenvalue weighted by atomic mass is 9.91. The van der Waals surface area contributed by atoms with Crippen LogP contribution in [0.2, 0.25) is 0 Å². The normalized spacial score (nSPS) is 11.5. The SMILES string of the molecule is Fc1ccc(-c2cc(N(c3ccccc3)c3ccc4ccc5c(N(c6ccccc6)c6cc(-c7ccc(F)cc7)c(F)cc6F)ccc6ccc3c4c65)c(F)cc2F)cc1. The average Bonchev–Trinajstić information content (AvgIpc) is 3.26. The van der Waals surface area contributed by atoms with Gasteiger partial charge in [-0.15, -0.1) is 0 Å². The minimum absolute atomic E-state index is 0.0802. The second-order valence-electron chi connectivity index (χ2n) is 14.5. The van der Waals surface area contributed by atoms with Crippen molar-refractivity contribution in [3.8, 4) is 22.3 Å². The minimum atomic E-state index is -0.796. The van der Waals surface area contributed by atoms with Gasteiger partial charge in [-0.05, 0) is 105 Å². The number of hydrogen-bond acceptors (Lipinski definition) is 2. The zero-order chi connectivity index (χ0) is 41.1. The van der Waals surface area contributed by atoms with E-state index in [4.69, 9.17) is 0 Å². The molecule has 0 aliphatic rings. The van der Waals surface area contributed by atoms with Crippen LogP contribution in [-0.2, 0) is 0 Å². The quantitative estimate of drug-likeness (QED) is 0.112. The van der Waals surface area contributed by atoms with Crippen molar-refractivity contribution >= 4 is 66.4 Å². The third-order valence-electron chi connectivity index (χ3n) is 11.0. The fourth-order valence-corrected chi connectivity index (χ4v) is 8.25. The summed E-state index contributed by atoms with van der Waals surface area (Å²) in [4.78, 5) is 3.49. The Morgan fingerprint density at radius 2 is 0.667 bits per heavy atom. The first-order valence-electron chi connectivity index (χ1n) is 19.1. The van der Waals surface area contributed by atoms with Crippen molar-refractivity contribution in [3.05, 3.63) is 217 Å². The first-order chi connectivity index (χ1) is 29.2. The molecule has 0 heterocycles. The molecule has 0 amide bonds. The van der Waals surface area contributed by atoms with Gasteiger partial charge < -0.3 is 9.80 Å². The van der Waals surface area contributed by atoms with Gasteiger partial charge in [-0.1, -0.05) is 97.1 Å². The number of benzene rings is 10. The summed E-state index contributed by atoms with van der Waals surface area (Å²) in [6, 6.07) is 49.3. The molecule has 0 bridgehead atoms. The van der Waals surface area contributed by atoms with E-state index >= 15 is 17.6 Å². The highest BCUT2D eigenvalue weighted by molar-refractivity contribution is 6.28. The van der Waals surface area contributed by atoms with Crippen molar-refractivity contribution in [1.29, 1.82) is 0 Å². The van der Waals surface area contributed by atoms with Crippen molar-refractivity contribution in [1.82, 2.24) is 0 Å². The molecule has 0 saturated heterocycles. The summed E-state index contributed by atoms with van der Waals surface area (Å²) in [7, 11) is 0. The van der Waals surface area contributed by atoms with Crippen LogP contribution in [0.1, 0.15) is 0 Å². The van der Waals surface area contributed by atoms with Gasteiger partial charge in [0.15, 0.2) is 0 Å².